The molecule has 24 heavy (non-hydrogen) atoms. The molecule has 2 aliphatic rings. The Hall–Kier alpha value is -0.985. The molecular weight excluding hydrogens is 311 g/mol. The lowest BCUT2D eigenvalue weighted by atomic mass is 9.68. The first kappa shape index (κ1) is 19.3. The quantitative estimate of drug-likeness (QED) is 0.343. The zero-order chi connectivity index (χ0) is 18.2. The molecular formula is C16H29BN2O5. The van der Waals surface area contributed by atoms with Crippen molar-refractivity contribution in [3.8, 4) is 0 Å². The van der Waals surface area contributed by atoms with Crippen LogP contribution in [-0.4, -0.2) is 41.6 Å². The van der Waals surface area contributed by atoms with Gasteiger partial charge in [-0.15, -0.1) is 0 Å². The van der Waals surface area contributed by atoms with Crippen molar-refractivity contribution >= 4 is 13.4 Å². The topological polar surface area (TPSA) is 105 Å². The van der Waals surface area contributed by atoms with Crippen molar-refractivity contribution in [3.05, 3.63) is 10.1 Å². The van der Waals surface area contributed by atoms with Gasteiger partial charge in [0, 0.05) is 10.8 Å². The fraction of sp³-hybridized carbons (Fsp3) is 0.938. The summed E-state index contributed by atoms with van der Waals surface area (Å²) in [6.07, 6.45) is 3.96. The highest BCUT2D eigenvalue weighted by Crippen LogP contribution is 2.41. The Kier molecular flexibility index (Phi) is 5.42. The molecule has 2 N–H and O–H groups in total. The van der Waals surface area contributed by atoms with Gasteiger partial charge in [-0.3, -0.25) is 10.1 Å². The molecule has 1 unspecified atom stereocenters. The van der Waals surface area contributed by atoms with Crippen LogP contribution in [0.15, 0.2) is 0 Å². The molecule has 1 aliphatic carbocycles. The average Bonchev–Trinajstić information content (AvgIpc) is 2.63. The lowest BCUT2D eigenvalue weighted by molar-refractivity contribution is -0.489. The Bertz CT molecular complexity index is 483. The molecule has 7 nitrogen and oxygen atoms in total. The summed E-state index contributed by atoms with van der Waals surface area (Å²) in [5.74, 6) is 0.0326. The van der Waals surface area contributed by atoms with E-state index in [0.717, 1.165) is 19.1 Å². The summed E-state index contributed by atoms with van der Waals surface area (Å²) in [7, 11) is -0.283. The van der Waals surface area contributed by atoms with Gasteiger partial charge in [0.25, 0.3) is 0 Å². The van der Waals surface area contributed by atoms with E-state index in [0.29, 0.717) is 19.2 Å². The minimum Gasteiger partial charge on any atom is -0.403 e. The van der Waals surface area contributed by atoms with Crippen LogP contribution in [0.25, 0.3) is 0 Å². The van der Waals surface area contributed by atoms with Gasteiger partial charge in [0.05, 0.1) is 16.7 Å². The van der Waals surface area contributed by atoms with E-state index in [1.807, 2.05) is 27.7 Å². The summed E-state index contributed by atoms with van der Waals surface area (Å²) >= 11 is 0. The number of nitro groups is 1. The molecule has 0 bridgehead atoms. The molecule has 1 aliphatic heterocycles. The zero-order valence-corrected chi connectivity index (χ0v) is 15.1. The predicted octanol–water partition coefficient (Wildman–Crippen LogP) is 2.06. The molecule has 3 atom stereocenters. The molecule has 0 aromatic carbocycles. The third-order valence-electron chi connectivity index (χ3n) is 5.76. The number of hydrogen-bond acceptors (Lipinski definition) is 6. The lowest BCUT2D eigenvalue weighted by Gasteiger charge is -2.37. The second kappa shape index (κ2) is 6.73. The fourth-order valence-electron chi connectivity index (χ4n) is 3.92. The third kappa shape index (κ3) is 4.35. The summed E-state index contributed by atoms with van der Waals surface area (Å²) in [6, 6.07) is 0. The maximum absolute atomic E-state index is 11.3. The molecule has 1 saturated carbocycles. The van der Waals surface area contributed by atoms with Gasteiger partial charge in [-0.25, -0.2) is 0 Å². The minimum atomic E-state index is -0.945. The average molecular weight is 340 g/mol. The first-order chi connectivity index (χ1) is 11.0. The van der Waals surface area contributed by atoms with Crippen molar-refractivity contribution in [3.63, 3.8) is 0 Å². The predicted molar refractivity (Wildman–Crippen MR) is 91.2 cm³/mol. The molecule has 8 heteroatoms. The molecule has 2 fully saturated rings. The Balaban J connectivity index is 1.94. The first-order valence-corrected chi connectivity index (χ1v) is 8.69. The summed E-state index contributed by atoms with van der Waals surface area (Å²) in [5.41, 5.74) is 4.46. The van der Waals surface area contributed by atoms with Crippen LogP contribution in [0.3, 0.4) is 0 Å². The smallest absolute Gasteiger partial charge is 0.403 e. The van der Waals surface area contributed by atoms with Gasteiger partial charge in [-0.2, -0.15) is 0 Å². The number of nitrogens with zero attached hydrogens (tertiary/aromatic N) is 1. The van der Waals surface area contributed by atoms with Crippen molar-refractivity contribution in [2.75, 3.05) is 6.54 Å². The standard InChI is InChI=1S/C16H29BN2O5/c1-14(2)15(3,4)24-17(23-14)6-5-12-7-13(10-19(21)22)9-16(18,8-12)11-20/h11-13H,5-10,18H2,1-4H3/t12-,13-,16?/m1/s1. The van der Waals surface area contributed by atoms with Crippen LogP contribution in [0.2, 0.25) is 6.32 Å². The van der Waals surface area contributed by atoms with E-state index < -0.39 is 5.54 Å². The van der Waals surface area contributed by atoms with E-state index in [4.69, 9.17) is 15.0 Å². The molecule has 0 amide bonds. The van der Waals surface area contributed by atoms with Gasteiger partial charge < -0.3 is 19.8 Å². The highest BCUT2D eigenvalue weighted by atomic mass is 16.7. The SMILES string of the molecule is CC1(C)OB(CC[C@@H]2C[C@@H](C[N+](=O)[O-])CC(N)(C=O)C2)OC1(C)C. The number of carbonyl (C=O) groups excluding carboxylic acids is 1. The number of aldehydes is 1. The fourth-order valence-corrected chi connectivity index (χ4v) is 3.92. The number of hydrogen-bond donors (Lipinski definition) is 1. The molecule has 136 valence electrons. The Morgan fingerprint density at radius 3 is 2.25 bits per heavy atom. The summed E-state index contributed by atoms with van der Waals surface area (Å²) < 4.78 is 12.0. The number of carbonyl (C=O) groups is 1. The number of nitrogens with two attached hydrogens (primary N) is 1. The van der Waals surface area contributed by atoms with Gasteiger partial charge in [-0.1, -0.05) is 6.42 Å². The van der Waals surface area contributed by atoms with Crippen molar-refractivity contribution in [2.24, 2.45) is 17.6 Å². The van der Waals surface area contributed by atoms with Crippen molar-refractivity contribution in [1.29, 1.82) is 0 Å². The Morgan fingerprint density at radius 2 is 1.75 bits per heavy atom. The van der Waals surface area contributed by atoms with E-state index in [1.165, 1.54) is 0 Å². The number of rotatable bonds is 6. The van der Waals surface area contributed by atoms with Crippen LogP contribution < -0.4 is 5.73 Å². The molecule has 1 saturated heterocycles. The van der Waals surface area contributed by atoms with Crippen molar-refractivity contribution < 1.29 is 19.0 Å². The maximum atomic E-state index is 11.3. The Labute approximate surface area is 143 Å². The van der Waals surface area contributed by atoms with Crippen LogP contribution in [0.5, 0.6) is 0 Å². The summed E-state index contributed by atoms with van der Waals surface area (Å²) in [4.78, 5) is 21.9. The van der Waals surface area contributed by atoms with Gasteiger partial charge in [-0.05, 0) is 59.2 Å². The highest BCUT2D eigenvalue weighted by molar-refractivity contribution is 6.45. The third-order valence-corrected chi connectivity index (χ3v) is 5.76. The first-order valence-electron chi connectivity index (χ1n) is 8.69. The lowest BCUT2D eigenvalue weighted by Crippen LogP contribution is -2.49. The molecule has 0 aromatic heterocycles. The van der Waals surface area contributed by atoms with Crippen LogP contribution in [-0.2, 0) is 14.1 Å². The van der Waals surface area contributed by atoms with Gasteiger partial charge in [0.15, 0.2) is 0 Å². The molecule has 0 radical (unpaired) electrons. The Morgan fingerprint density at radius 1 is 1.21 bits per heavy atom. The second-order valence-electron chi connectivity index (χ2n) is 8.51. The van der Waals surface area contributed by atoms with Crippen LogP contribution in [0.1, 0.15) is 53.4 Å². The van der Waals surface area contributed by atoms with Crippen LogP contribution >= 0.6 is 0 Å². The van der Waals surface area contributed by atoms with Gasteiger partial charge in [0.2, 0.25) is 6.54 Å². The molecule has 0 aromatic rings. The van der Waals surface area contributed by atoms with Crippen molar-refractivity contribution in [2.45, 2.75) is 76.4 Å². The highest BCUT2D eigenvalue weighted by Gasteiger charge is 2.51. The van der Waals surface area contributed by atoms with Gasteiger partial charge in [0.1, 0.15) is 6.29 Å². The largest absolute Gasteiger partial charge is 0.457 e. The van der Waals surface area contributed by atoms with Crippen LogP contribution in [0.4, 0.5) is 0 Å². The molecule has 1 heterocycles. The molecule has 2 rings (SSSR count). The van der Waals surface area contributed by atoms with E-state index in [2.05, 4.69) is 0 Å². The monoisotopic (exact) mass is 340 g/mol. The molecule has 0 spiro atoms. The van der Waals surface area contributed by atoms with E-state index >= 15 is 0 Å². The maximum Gasteiger partial charge on any atom is 0.457 e. The van der Waals surface area contributed by atoms with E-state index in [1.54, 1.807) is 0 Å². The summed E-state index contributed by atoms with van der Waals surface area (Å²) in [5, 5.41) is 10.8. The minimum absolute atomic E-state index is 0.125. The van der Waals surface area contributed by atoms with Crippen molar-refractivity contribution in [1.82, 2.24) is 0 Å². The van der Waals surface area contributed by atoms with E-state index in [9.17, 15) is 14.9 Å². The van der Waals surface area contributed by atoms with E-state index in [-0.39, 0.29) is 41.6 Å². The van der Waals surface area contributed by atoms with Crippen LogP contribution in [0, 0.1) is 22.0 Å². The normalized spacial score (nSPS) is 35.0. The van der Waals surface area contributed by atoms with Gasteiger partial charge >= 0.3 is 7.12 Å². The zero-order valence-electron chi connectivity index (χ0n) is 15.1. The summed E-state index contributed by atoms with van der Waals surface area (Å²) in [6.45, 7) is 7.92. The second-order valence-corrected chi connectivity index (χ2v) is 8.51.